The highest BCUT2D eigenvalue weighted by atomic mass is 19.1. The molecule has 0 aliphatic heterocycles. The summed E-state index contributed by atoms with van der Waals surface area (Å²) in [5, 5.41) is 8.47. The fraction of sp³-hybridized carbons (Fsp3) is 0.333. The van der Waals surface area contributed by atoms with Crippen LogP contribution >= 0.6 is 0 Å². The second-order valence-corrected chi connectivity index (χ2v) is 3.50. The molecule has 0 unspecified atom stereocenters. The average molecular weight is 256 g/mol. The Morgan fingerprint density at radius 2 is 1.72 bits per heavy atom. The van der Waals surface area contributed by atoms with Crippen molar-refractivity contribution in [2.75, 3.05) is 14.2 Å². The van der Waals surface area contributed by atoms with Crippen molar-refractivity contribution in [3.63, 3.8) is 0 Å². The van der Waals surface area contributed by atoms with Gasteiger partial charge in [-0.2, -0.15) is 0 Å². The average Bonchev–Trinajstić information content (AvgIpc) is 2.35. The van der Waals surface area contributed by atoms with E-state index in [2.05, 4.69) is 0 Å². The molecule has 0 saturated heterocycles. The standard InChI is InChI=1S/C12H13FO5/c1-17-10-5-7(8(13)6-11(10)18-2)9(14)3-4-12(15)16/h5-6H,3-4H2,1-2H3,(H,15,16). The van der Waals surface area contributed by atoms with E-state index in [0.29, 0.717) is 0 Å². The van der Waals surface area contributed by atoms with Crippen molar-refractivity contribution in [2.24, 2.45) is 0 Å². The Morgan fingerprint density at radius 1 is 1.17 bits per heavy atom. The molecule has 0 saturated carbocycles. The Morgan fingerprint density at radius 3 is 2.22 bits per heavy atom. The summed E-state index contributed by atoms with van der Waals surface area (Å²) in [7, 11) is 2.71. The van der Waals surface area contributed by atoms with Crippen LogP contribution in [0.3, 0.4) is 0 Å². The molecule has 6 heteroatoms. The first-order valence-electron chi connectivity index (χ1n) is 5.16. The number of hydrogen-bond donors (Lipinski definition) is 1. The zero-order valence-corrected chi connectivity index (χ0v) is 10.0. The predicted molar refractivity (Wildman–Crippen MR) is 60.7 cm³/mol. The topological polar surface area (TPSA) is 72.8 Å². The minimum Gasteiger partial charge on any atom is -0.493 e. The number of carboxylic acid groups (broad SMARTS) is 1. The van der Waals surface area contributed by atoms with Gasteiger partial charge in [-0.15, -0.1) is 0 Å². The van der Waals surface area contributed by atoms with Gasteiger partial charge in [0.25, 0.3) is 0 Å². The lowest BCUT2D eigenvalue weighted by atomic mass is 10.1. The van der Waals surface area contributed by atoms with Gasteiger partial charge >= 0.3 is 5.97 Å². The van der Waals surface area contributed by atoms with Crippen LogP contribution < -0.4 is 9.47 Å². The fourth-order valence-corrected chi connectivity index (χ4v) is 1.42. The lowest BCUT2D eigenvalue weighted by molar-refractivity contribution is -0.136. The molecule has 18 heavy (non-hydrogen) atoms. The molecule has 0 radical (unpaired) electrons. The predicted octanol–water partition coefficient (Wildman–Crippen LogP) is 1.89. The van der Waals surface area contributed by atoms with Gasteiger partial charge in [0.05, 0.1) is 26.2 Å². The molecule has 0 fully saturated rings. The van der Waals surface area contributed by atoms with Crippen LogP contribution in [0.4, 0.5) is 4.39 Å². The monoisotopic (exact) mass is 256 g/mol. The van der Waals surface area contributed by atoms with E-state index in [9.17, 15) is 14.0 Å². The summed E-state index contributed by atoms with van der Waals surface area (Å²) in [5.74, 6) is -2.06. The van der Waals surface area contributed by atoms with Gasteiger partial charge in [0.2, 0.25) is 0 Å². The molecule has 98 valence electrons. The third-order valence-corrected chi connectivity index (χ3v) is 2.34. The third kappa shape index (κ3) is 3.19. The maximum absolute atomic E-state index is 13.6. The molecule has 0 atom stereocenters. The van der Waals surface area contributed by atoms with E-state index in [-0.39, 0.29) is 29.9 Å². The van der Waals surface area contributed by atoms with E-state index in [4.69, 9.17) is 14.6 Å². The number of halogens is 1. The van der Waals surface area contributed by atoms with Crippen molar-refractivity contribution >= 4 is 11.8 Å². The molecule has 0 amide bonds. The van der Waals surface area contributed by atoms with Crippen LogP contribution in [0.1, 0.15) is 23.2 Å². The van der Waals surface area contributed by atoms with E-state index in [1.165, 1.54) is 20.3 Å². The van der Waals surface area contributed by atoms with Gasteiger partial charge in [-0.25, -0.2) is 4.39 Å². The summed E-state index contributed by atoms with van der Waals surface area (Å²) in [4.78, 5) is 22.0. The molecule has 0 aliphatic carbocycles. The van der Waals surface area contributed by atoms with Crippen LogP contribution in [0.25, 0.3) is 0 Å². The second-order valence-electron chi connectivity index (χ2n) is 3.50. The van der Waals surface area contributed by atoms with E-state index in [0.717, 1.165) is 6.07 Å². The van der Waals surface area contributed by atoms with E-state index >= 15 is 0 Å². The highest BCUT2D eigenvalue weighted by molar-refractivity contribution is 5.98. The molecule has 0 bridgehead atoms. The number of benzene rings is 1. The number of carbonyl (C=O) groups excluding carboxylic acids is 1. The normalized spacial score (nSPS) is 9.94. The summed E-state index contributed by atoms with van der Waals surface area (Å²) in [6.45, 7) is 0. The fourth-order valence-electron chi connectivity index (χ4n) is 1.42. The number of methoxy groups -OCH3 is 2. The Bertz CT molecular complexity index is 470. The van der Waals surface area contributed by atoms with Gasteiger partial charge in [0.15, 0.2) is 17.3 Å². The molecular formula is C12H13FO5. The SMILES string of the molecule is COc1cc(F)c(C(=O)CCC(=O)O)cc1OC. The quantitative estimate of drug-likeness (QED) is 0.787. The first-order chi connectivity index (χ1) is 8.49. The van der Waals surface area contributed by atoms with Crippen LogP contribution in [0.15, 0.2) is 12.1 Å². The van der Waals surface area contributed by atoms with Crippen LogP contribution in [-0.2, 0) is 4.79 Å². The smallest absolute Gasteiger partial charge is 0.303 e. The minimum atomic E-state index is -1.11. The number of carbonyl (C=O) groups is 2. The number of Topliss-reactive ketones (excluding diaryl/α,β-unsaturated/α-hetero) is 1. The third-order valence-electron chi connectivity index (χ3n) is 2.34. The largest absolute Gasteiger partial charge is 0.493 e. The van der Waals surface area contributed by atoms with E-state index in [1.54, 1.807) is 0 Å². The molecule has 1 aromatic rings. The summed E-state index contributed by atoms with van der Waals surface area (Å²) >= 11 is 0. The molecular weight excluding hydrogens is 243 g/mol. The van der Waals surface area contributed by atoms with Gasteiger partial charge in [0, 0.05) is 12.5 Å². The molecule has 0 aliphatic rings. The highest BCUT2D eigenvalue weighted by Crippen LogP contribution is 2.30. The van der Waals surface area contributed by atoms with Crippen molar-refractivity contribution in [3.05, 3.63) is 23.5 Å². The summed E-state index contributed by atoms with van der Waals surface area (Å²) in [5.41, 5.74) is -0.200. The number of carboxylic acids is 1. The lowest BCUT2D eigenvalue weighted by Crippen LogP contribution is -2.07. The van der Waals surface area contributed by atoms with Crippen LogP contribution in [0.2, 0.25) is 0 Å². The first-order valence-corrected chi connectivity index (χ1v) is 5.16. The molecule has 0 spiro atoms. The van der Waals surface area contributed by atoms with Gasteiger partial charge in [-0.1, -0.05) is 0 Å². The van der Waals surface area contributed by atoms with Gasteiger partial charge in [-0.05, 0) is 6.07 Å². The Kier molecular flexibility index (Phi) is 4.65. The number of ketones is 1. The first kappa shape index (κ1) is 14.0. The number of hydrogen-bond acceptors (Lipinski definition) is 4. The van der Waals surface area contributed by atoms with E-state index in [1.807, 2.05) is 0 Å². The minimum absolute atomic E-state index is 0.171. The summed E-state index contributed by atoms with van der Waals surface area (Å²) in [6, 6.07) is 2.24. The molecule has 1 rings (SSSR count). The summed E-state index contributed by atoms with van der Waals surface area (Å²) < 4.78 is 23.5. The molecule has 0 heterocycles. The number of rotatable bonds is 6. The highest BCUT2D eigenvalue weighted by Gasteiger charge is 2.17. The van der Waals surface area contributed by atoms with Crippen molar-refractivity contribution in [1.82, 2.24) is 0 Å². The summed E-state index contributed by atoms with van der Waals surface area (Å²) in [6.07, 6.45) is -0.603. The second kappa shape index (κ2) is 6.00. The molecule has 0 aromatic heterocycles. The zero-order chi connectivity index (χ0) is 13.7. The Balaban J connectivity index is 3.01. The number of aliphatic carboxylic acids is 1. The van der Waals surface area contributed by atoms with Crippen LogP contribution in [0, 0.1) is 5.82 Å². The zero-order valence-electron chi connectivity index (χ0n) is 10.0. The van der Waals surface area contributed by atoms with Crippen molar-refractivity contribution in [3.8, 4) is 11.5 Å². The molecule has 1 N–H and O–H groups in total. The lowest BCUT2D eigenvalue weighted by Gasteiger charge is -2.10. The van der Waals surface area contributed by atoms with Crippen LogP contribution in [0.5, 0.6) is 11.5 Å². The van der Waals surface area contributed by atoms with Crippen molar-refractivity contribution < 1.29 is 28.6 Å². The molecule has 1 aromatic carbocycles. The van der Waals surface area contributed by atoms with Gasteiger partial charge < -0.3 is 14.6 Å². The maximum Gasteiger partial charge on any atom is 0.303 e. The van der Waals surface area contributed by atoms with E-state index < -0.39 is 17.6 Å². The Hall–Kier alpha value is -2.11. The van der Waals surface area contributed by atoms with Crippen LogP contribution in [-0.4, -0.2) is 31.1 Å². The maximum atomic E-state index is 13.6. The Labute approximate surface area is 103 Å². The molecule has 5 nitrogen and oxygen atoms in total. The van der Waals surface area contributed by atoms with Crippen molar-refractivity contribution in [1.29, 1.82) is 0 Å². The van der Waals surface area contributed by atoms with Gasteiger partial charge in [0.1, 0.15) is 5.82 Å². The van der Waals surface area contributed by atoms with Gasteiger partial charge in [-0.3, -0.25) is 9.59 Å². The van der Waals surface area contributed by atoms with Crippen molar-refractivity contribution in [2.45, 2.75) is 12.8 Å². The number of ether oxygens (including phenoxy) is 2.